The molecule has 2 aromatic rings. The minimum Gasteiger partial charge on any atom is -0.461 e. The van der Waals surface area contributed by atoms with E-state index in [2.05, 4.69) is 0 Å². The van der Waals surface area contributed by atoms with Crippen LogP contribution in [0, 0.1) is 5.92 Å². The van der Waals surface area contributed by atoms with Crippen LogP contribution in [-0.4, -0.2) is 17.8 Å². The van der Waals surface area contributed by atoms with Crippen LogP contribution in [0.2, 0.25) is 0 Å². The van der Waals surface area contributed by atoms with Gasteiger partial charge in [0.25, 0.3) is 0 Å². The summed E-state index contributed by atoms with van der Waals surface area (Å²) >= 11 is 1.37. The lowest BCUT2D eigenvalue weighted by Gasteiger charge is -2.11. The van der Waals surface area contributed by atoms with Gasteiger partial charge >= 0.3 is 0 Å². The zero-order valence-electron chi connectivity index (χ0n) is 11.2. The maximum Gasteiger partial charge on any atom is 0.221 e. The van der Waals surface area contributed by atoms with Crippen molar-refractivity contribution < 1.29 is 18.4 Å². The number of allylic oxidation sites excluding steroid dienone is 2. The van der Waals surface area contributed by atoms with Crippen molar-refractivity contribution in [1.82, 2.24) is 0 Å². The molecule has 0 N–H and O–H groups in total. The highest BCUT2D eigenvalue weighted by Crippen LogP contribution is 2.26. The molecule has 2 heterocycles. The van der Waals surface area contributed by atoms with E-state index in [1.165, 1.54) is 30.4 Å². The molecule has 0 aliphatic rings. The molecule has 5 heteroatoms. The van der Waals surface area contributed by atoms with Gasteiger partial charge in [0.1, 0.15) is 0 Å². The summed E-state index contributed by atoms with van der Waals surface area (Å²) in [6, 6.07) is 6.52. The minimum absolute atomic E-state index is 0.150. The Morgan fingerprint density at radius 1 is 1.15 bits per heavy atom. The summed E-state index contributed by atoms with van der Waals surface area (Å²) in [7, 11) is 0. The SMILES string of the molecule is CS/C(=C/C(=O)c1ccco1)[C@@H](C)C(=O)c1ccco1. The molecule has 0 aliphatic heterocycles. The third-order valence-corrected chi connectivity index (χ3v) is 3.80. The van der Waals surface area contributed by atoms with Gasteiger partial charge in [-0.05, 0) is 41.5 Å². The predicted octanol–water partition coefficient (Wildman–Crippen LogP) is 3.82. The number of hydrogen-bond acceptors (Lipinski definition) is 5. The standard InChI is InChI=1S/C15H14O4S/c1-10(15(17)13-6-4-8-19-13)14(20-2)9-11(16)12-5-3-7-18-12/h3-10H,1-2H3/b14-9+/t10-/m1/s1. The van der Waals surface area contributed by atoms with E-state index in [1.807, 2.05) is 6.26 Å². The number of furan rings is 2. The number of hydrogen-bond donors (Lipinski definition) is 0. The summed E-state index contributed by atoms with van der Waals surface area (Å²) in [5.74, 6) is -0.284. The first-order chi connectivity index (χ1) is 9.63. The molecule has 0 fully saturated rings. The van der Waals surface area contributed by atoms with Crippen LogP contribution in [0.5, 0.6) is 0 Å². The first kappa shape index (κ1) is 14.4. The van der Waals surface area contributed by atoms with Gasteiger partial charge in [0.2, 0.25) is 11.6 Å². The molecule has 0 saturated heterocycles. The van der Waals surface area contributed by atoms with E-state index in [9.17, 15) is 9.59 Å². The zero-order chi connectivity index (χ0) is 14.5. The van der Waals surface area contributed by atoms with Crippen molar-refractivity contribution in [2.24, 2.45) is 5.92 Å². The Kier molecular flexibility index (Phi) is 4.63. The average Bonchev–Trinajstić information content (AvgIpc) is 3.15. The van der Waals surface area contributed by atoms with Gasteiger partial charge in [-0.25, -0.2) is 0 Å². The smallest absolute Gasteiger partial charge is 0.221 e. The second kappa shape index (κ2) is 6.43. The van der Waals surface area contributed by atoms with Crippen molar-refractivity contribution in [3.8, 4) is 0 Å². The van der Waals surface area contributed by atoms with Crippen LogP contribution in [-0.2, 0) is 0 Å². The van der Waals surface area contributed by atoms with Gasteiger partial charge in [-0.15, -0.1) is 11.8 Å². The fourth-order valence-corrected chi connectivity index (χ4v) is 2.43. The van der Waals surface area contributed by atoms with Crippen LogP contribution in [0.4, 0.5) is 0 Å². The number of ketones is 2. The molecule has 0 saturated carbocycles. The molecule has 2 rings (SSSR count). The lowest BCUT2D eigenvalue weighted by Crippen LogP contribution is -2.12. The van der Waals surface area contributed by atoms with Crippen LogP contribution in [0.1, 0.15) is 28.0 Å². The van der Waals surface area contributed by atoms with Gasteiger partial charge in [-0.3, -0.25) is 9.59 Å². The maximum absolute atomic E-state index is 12.2. The Hall–Kier alpha value is -2.01. The van der Waals surface area contributed by atoms with Crippen molar-refractivity contribution in [1.29, 1.82) is 0 Å². The molecular formula is C15H14O4S. The zero-order valence-corrected chi connectivity index (χ0v) is 12.0. The molecule has 4 nitrogen and oxygen atoms in total. The number of Topliss-reactive ketones (excluding diaryl/α,β-unsaturated/α-hetero) is 1. The van der Waals surface area contributed by atoms with E-state index in [1.54, 1.807) is 31.2 Å². The van der Waals surface area contributed by atoms with Crippen molar-refractivity contribution in [2.45, 2.75) is 6.92 Å². The van der Waals surface area contributed by atoms with Gasteiger partial charge in [0.05, 0.1) is 18.4 Å². The van der Waals surface area contributed by atoms with E-state index >= 15 is 0 Å². The van der Waals surface area contributed by atoms with Gasteiger partial charge in [0, 0.05) is 0 Å². The first-order valence-corrected chi connectivity index (χ1v) is 7.27. The van der Waals surface area contributed by atoms with E-state index in [-0.39, 0.29) is 17.3 Å². The number of rotatable bonds is 6. The number of carbonyl (C=O) groups excluding carboxylic acids is 2. The molecule has 0 aromatic carbocycles. The Morgan fingerprint density at radius 2 is 1.75 bits per heavy atom. The minimum atomic E-state index is -0.435. The molecule has 104 valence electrons. The summed E-state index contributed by atoms with van der Waals surface area (Å²) < 4.78 is 10.1. The van der Waals surface area contributed by atoms with Gasteiger partial charge < -0.3 is 8.83 Å². The molecule has 1 atom stereocenters. The van der Waals surface area contributed by atoms with Crippen molar-refractivity contribution in [2.75, 3.05) is 6.26 Å². The van der Waals surface area contributed by atoms with Gasteiger partial charge in [-0.1, -0.05) is 6.92 Å². The molecule has 0 aliphatic carbocycles. The Balaban J connectivity index is 2.19. The Morgan fingerprint density at radius 3 is 2.25 bits per heavy atom. The summed E-state index contributed by atoms with van der Waals surface area (Å²) in [5.41, 5.74) is 0. The maximum atomic E-state index is 12.2. The van der Waals surface area contributed by atoms with Gasteiger partial charge in [-0.2, -0.15) is 0 Å². The highest BCUT2D eigenvalue weighted by Gasteiger charge is 2.22. The molecular weight excluding hydrogens is 276 g/mol. The third kappa shape index (κ3) is 3.11. The normalized spacial score (nSPS) is 13.2. The Labute approximate surface area is 120 Å². The molecule has 0 spiro atoms. The monoisotopic (exact) mass is 290 g/mol. The Bertz CT molecular complexity index is 608. The number of carbonyl (C=O) groups is 2. The fraction of sp³-hybridized carbons (Fsp3) is 0.200. The molecule has 2 aromatic heterocycles. The quantitative estimate of drug-likeness (QED) is 0.598. The van der Waals surface area contributed by atoms with E-state index in [0.29, 0.717) is 10.7 Å². The van der Waals surface area contributed by atoms with E-state index in [4.69, 9.17) is 8.83 Å². The third-order valence-electron chi connectivity index (χ3n) is 2.86. The highest BCUT2D eigenvalue weighted by atomic mass is 32.2. The van der Waals surface area contributed by atoms with Crippen molar-refractivity contribution >= 4 is 23.3 Å². The average molecular weight is 290 g/mol. The van der Waals surface area contributed by atoms with Crippen LogP contribution < -0.4 is 0 Å². The molecule has 20 heavy (non-hydrogen) atoms. The highest BCUT2D eigenvalue weighted by molar-refractivity contribution is 8.02. The number of thioether (sulfide) groups is 1. The van der Waals surface area contributed by atoms with Crippen molar-refractivity contribution in [3.63, 3.8) is 0 Å². The van der Waals surface area contributed by atoms with Crippen LogP contribution >= 0.6 is 11.8 Å². The van der Waals surface area contributed by atoms with Gasteiger partial charge in [0.15, 0.2) is 11.5 Å². The molecule has 0 radical (unpaired) electrons. The van der Waals surface area contributed by atoms with E-state index < -0.39 is 5.92 Å². The van der Waals surface area contributed by atoms with Crippen LogP contribution in [0.25, 0.3) is 0 Å². The summed E-state index contributed by atoms with van der Waals surface area (Å²) in [6.45, 7) is 1.75. The summed E-state index contributed by atoms with van der Waals surface area (Å²) in [6.07, 6.45) is 6.16. The predicted molar refractivity (Wildman–Crippen MR) is 76.8 cm³/mol. The summed E-state index contributed by atoms with van der Waals surface area (Å²) in [4.78, 5) is 24.8. The molecule has 0 unspecified atom stereocenters. The lowest BCUT2D eigenvalue weighted by atomic mass is 10.0. The topological polar surface area (TPSA) is 60.4 Å². The first-order valence-electron chi connectivity index (χ1n) is 6.04. The van der Waals surface area contributed by atoms with E-state index in [0.717, 1.165) is 0 Å². The second-order valence-electron chi connectivity index (χ2n) is 4.16. The second-order valence-corrected chi connectivity index (χ2v) is 5.04. The van der Waals surface area contributed by atoms with Crippen LogP contribution in [0.15, 0.2) is 56.6 Å². The fourth-order valence-electron chi connectivity index (χ4n) is 1.74. The van der Waals surface area contributed by atoms with Crippen LogP contribution in [0.3, 0.4) is 0 Å². The van der Waals surface area contributed by atoms with Crippen molar-refractivity contribution in [3.05, 3.63) is 59.3 Å². The summed E-state index contributed by atoms with van der Waals surface area (Å²) in [5, 5.41) is 0. The molecule has 0 bridgehead atoms. The lowest BCUT2D eigenvalue weighted by molar-refractivity contribution is 0.0924. The molecule has 0 amide bonds. The largest absolute Gasteiger partial charge is 0.461 e.